The Bertz CT molecular complexity index is 570. The molecule has 0 amide bonds. The maximum absolute atomic E-state index is 5.30. The maximum atomic E-state index is 5.30. The minimum atomic E-state index is 0.147. The normalized spacial score (nSPS) is 12.4. The Hall–Kier alpha value is -1.40. The summed E-state index contributed by atoms with van der Waals surface area (Å²) in [6.07, 6.45) is 2.38. The lowest BCUT2D eigenvalue weighted by atomic mass is 10.0. The molecule has 0 saturated heterocycles. The molecule has 108 valence electrons. The highest BCUT2D eigenvalue weighted by molar-refractivity contribution is 9.10. The van der Waals surface area contributed by atoms with Gasteiger partial charge < -0.3 is 10.1 Å². The second kappa shape index (κ2) is 6.85. The smallest absolute Gasteiger partial charge is 0.138 e. The SMILES string of the molecule is CCn1ncnc1CC(NC)c1cc(OC)ccc1Br. The maximum Gasteiger partial charge on any atom is 0.138 e. The first kappa shape index (κ1) is 15.0. The molecule has 0 radical (unpaired) electrons. The molecular weight excluding hydrogens is 320 g/mol. The number of benzene rings is 1. The number of likely N-dealkylation sites (N-methyl/N-ethyl adjacent to an activating group) is 1. The minimum absolute atomic E-state index is 0.147. The van der Waals surface area contributed by atoms with Crippen molar-refractivity contribution in [3.63, 3.8) is 0 Å². The van der Waals surface area contributed by atoms with Gasteiger partial charge in [0, 0.05) is 23.5 Å². The number of aromatic nitrogens is 3. The van der Waals surface area contributed by atoms with Crippen LogP contribution in [0.1, 0.15) is 24.4 Å². The molecule has 1 N–H and O–H groups in total. The molecule has 20 heavy (non-hydrogen) atoms. The van der Waals surface area contributed by atoms with Crippen molar-refractivity contribution in [3.8, 4) is 5.75 Å². The second-order valence-electron chi connectivity index (χ2n) is 4.42. The zero-order chi connectivity index (χ0) is 14.5. The topological polar surface area (TPSA) is 52.0 Å². The van der Waals surface area contributed by atoms with E-state index in [1.807, 2.05) is 29.9 Å². The number of nitrogens with zero attached hydrogens (tertiary/aromatic N) is 3. The molecule has 0 spiro atoms. The number of ether oxygens (including phenoxy) is 1. The lowest BCUT2D eigenvalue weighted by Gasteiger charge is -2.18. The van der Waals surface area contributed by atoms with Gasteiger partial charge >= 0.3 is 0 Å². The van der Waals surface area contributed by atoms with Gasteiger partial charge in [-0.1, -0.05) is 15.9 Å². The van der Waals surface area contributed by atoms with E-state index in [9.17, 15) is 0 Å². The van der Waals surface area contributed by atoms with Crippen molar-refractivity contribution < 1.29 is 4.74 Å². The van der Waals surface area contributed by atoms with Gasteiger partial charge in [-0.15, -0.1) is 0 Å². The number of halogens is 1. The molecule has 0 bridgehead atoms. The van der Waals surface area contributed by atoms with Gasteiger partial charge in [-0.2, -0.15) is 5.10 Å². The summed E-state index contributed by atoms with van der Waals surface area (Å²) in [6.45, 7) is 2.89. The molecule has 5 nitrogen and oxygen atoms in total. The predicted molar refractivity (Wildman–Crippen MR) is 81.9 cm³/mol. The summed E-state index contributed by atoms with van der Waals surface area (Å²) in [5.74, 6) is 1.82. The van der Waals surface area contributed by atoms with E-state index in [1.165, 1.54) is 0 Å². The first-order chi connectivity index (χ1) is 9.69. The van der Waals surface area contributed by atoms with Crippen molar-refractivity contribution >= 4 is 15.9 Å². The molecule has 2 rings (SSSR count). The molecule has 0 aliphatic carbocycles. The van der Waals surface area contributed by atoms with Crippen LogP contribution in [-0.4, -0.2) is 28.9 Å². The second-order valence-corrected chi connectivity index (χ2v) is 5.28. The van der Waals surface area contributed by atoms with E-state index < -0.39 is 0 Å². The first-order valence-electron chi connectivity index (χ1n) is 6.57. The van der Waals surface area contributed by atoms with Crippen LogP contribution in [-0.2, 0) is 13.0 Å². The number of nitrogens with one attached hydrogen (secondary N) is 1. The van der Waals surface area contributed by atoms with E-state index >= 15 is 0 Å². The van der Waals surface area contributed by atoms with E-state index in [-0.39, 0.29) is 6.04 Å². The van der Waals surface area contributed by atoms with Crippen molar-refractivity contribution in [3.05, 3.63) is 40.4 Å². The van der Waals surface area contributed by atoms with Gasteiger partial charge in [-0.05, 0) is 37.7 Å². The lowest BCUT2D eigenvalue weighted by molar-refractivity contribution is 0.413. The summed E-state index contributed by atoms with van der Waals surface area (Å²) in [4.78, 5) is 4.34. The van der Waals surface area contributed by atoms with Gasteiger partial charge in [0.1, 0.15) is 17.9 Å². The summed E-state index contributed by atoms with van der Waals surface area (Å²) in [5, 5.41) is 7.55. The van der Waals surface area contributed by atoms with Gasteiger partial charge in [-0.25, -0.2) is 4.98 Å². The fraction of sp³-hybridized carbons (Fsp3) is 0.429. The molecule has 2 aromatic rings. The third-order valence-corrected chi connectivity index (χ3v) is 4.03. The monoisotopic (exact) mass is 338 g/mol. The average Bonchev–Trinajstić information content (AvgIpc) is 2.92. The fourth-order valence-electron chi connectivity index (χ4n) is 2.18. The highest BCUT2D eigenvalue weighted by Gasteiger charge is 2.17. The van der Waals surface area contributed by atoms with E-state index in [0.29, 0.717) is 0 Å². The van der Waals surface area contributed by atoms with Crippen LogP contribution in [0, 0.1) is 0 Å². The fourth-order valence-corrected chi connectivity index (χ4v) is 2.70. The van der Waals surface area contributed by atoms with Crippen LogP contribution >= 0.6 is 15.9 Å². The van der Waals surface area contributed by atoms with E-state index in [1.54, 1.807) is 13.4 Å². The molecule has 1 heterocycles. The zero-order valence-corrected chi connectivity index (χ0v) is 13.5. The van der Waals surface area contributed by atoms with Crippen molar-refractivity contribution in [1.29, 1.82) is 0 Å². The first-order valence-corrected chi connectivity index (χ1v) is 7.36. The van der Waals surface area contributed by atoms with Gasteiger partial charge in [0.05, 0.1) is 7.11 Å². The number of aryl methyl sites for hydroxylation is 1. The standard InChI is InChI=1S/C14H19BrN4O/c1-4-19-14(17-9-18-19)8-13(16-2)11-7-10(20-3)5-6-12(11)15/h5-7,9,13,16H,4,8H2,1-3H3. The Labute approximate surface area is 127 Å². The molecule has 0 aliphatic heterocycles. The quantitative estimate of drug-likeness (QED) is 0.879. The van der Waals surface area contributed by atoms with Crippen LogP contribution in [0.3, 0.4) is 0 Å². The number of hydrogen-bond acceptors (Lipinski definition) is 4. The van der Waals surface area contributed by atoms with Gasteiger partial charge in [-0.3, -0.25) is 4.68 Å². The lowest BCUT2D eigenvalue weighted by Crippen LogP contribution is -2.21. The summed E-state index contributed by atoms with van der Waals surface area (Å²) in [5.41, 5.74) is 1.15. The number of hydrogen-bond donors (Lipinski definition) is 1. The summed E-state index contributed by atoms with van der Waals surface area (Å²) in [6, 6.07) is 6.13. The molecule has 1 aromatic heterocycles. The van der Waals surface area contributed by atoms with Crippen LogP contribution in [0.5, 0.6) is 5.75 Å². The molecule has 0 aliphatic rings. The minimum Gasteiger partial charge on any atom is -0.497 e. The summed E-state index contributed by atoms with van der Waals surface area (Å²) < 4.78 is 8.27. The van der Waals surface area contributed by atoms with E-state index in [4.69, 9.17) is 4.74 Å². The van der Waals surface area contributed by atoms with Crippen molar-refractivity contribution in [2.45, 2.75) is 25.9 Å². The van der Waals surface area contributed by atoms with Crippen LogP contribution in [0.25, 0.3) is 0 Å². The van der Waals surface area contributed by atoms with Crippen LogP contribution in [0.4, 0.5) is 0 Å². The molecular formula is C14H19BrN4O. The summed E-state index contributed by atoms with van der Waals surface area (Å²) in [7, 11) is 3.62. The van der Waals surface area contributed by atoms with Crippen molar-refractivity contribution in [1.82, 2.24) is 20.1 Å². The Kier molecular flexibility index (Phi) is 5.14. The molecule has 0 fully saturated rings. The van der Waals surface area contributed by atoms with Gasteiger partial charge in [0.2, 0.25) is 0 Å². The Morgan fingerprint density at radius 3 is 2.90 bits per heavy atom. The third kappa shape index (κ3) is 3.19. The van der Waals surface area contributed by atoms with Crippen molar-refractivity contribution in [2.75, 3.05) is 14.2 Å². The molecule has 0 saturated carbocycles. The van der Waals surface area contributed by atoms with Crippen LogP contribution in [0.2, 0.25) is 0 Å². The third-order valence-electron chi connectivity index (χ3n) is 3.31. The van der Waals surface area contributed by atoms with Crippen LogP contribution in [0.15, 0.2) is 29.0 Å². The van der Waals surface area contributed by atoms with E-state index in [2.05, 4.69) is 38.3 Å². The highest BCUT2D eigenvalue weighted by atomic mass is 79.9. The van der Waals surface area contributed by atoms with E-state index in [0.717, 1.165) is 34.6 Å². The number of methoxy groups -OCH3 is 1. The highest BCUT2D eigenvalue weighted by Crippen LogP contribution is 2.29. The predicted octanol–water partition coefficient (Wildman–Crippen LogP) is 2.57. The van der Waals surface area contributed by atoms with Crippen LogP contribution < -0.4 is 10.1 Å². The number of rotatable bonds is 6. The molecule has 6 heteroatoms. The zero-order valence-electron chi connectivity index (χ0n) is 11.9. The Morgan fingerprint density at radius 1 is 1.45 bits per heavy atom. The Morgan fingerprint density at radius 2 is 2.25 bits per heavy atom. The molecule has 1 atom stereocenters. The summed E-state index contributed by atoms with van der Waals surface area (Å²) >= 11 is 3.60. The molecule has 1 aromatic carbocycles. The van der Waals surface area contributed by atoms with Crippen molar-refractivity contribution in [2.24, 2.45) is 0 Å². The molecule has 1 unspecified atom stereocenters. The largest absolute Gasteiger partial charge is 0.497 e. The van der Waals surface area contributed by atoms with Gasteiger partial charge in [0.25, 0.3) is 0 Å². The average molecular weight is 339 g/mol. The Balaban J connectivity index is 2.28. The van der Waals surface area contributed by atoms with Gasteiger partial charge in [0.15, 0.2) is 0 Å².